The largest absolute Gasteiger partial charge is 0.469 e. The van der Waals surface area contributed by atoms with Crippen LogP contribution in [0, 0.1) is 31.4 Å². The SMILES string of the molecule is COC(=O)C1CCC(n2c([C@@H]3CCCC(=O)N3c3ccc(F)c(F)c3)nc3cc(-c4c(C)noc4C)ccc32)CC1. The molecule has 0 N–H and O–H groups in total. The molecule has 2 aromatic carbocycles. The van der Waals surface area contributed by atoms with Crippen LogP contribution < -0.4 is 4.90 Å². The van der Waals surface area contributed by atoms with Crippen LogP contribution in [0.1, 0.15) is 74.3 Å². The molecule has 1 aliphatic heterocycles. The molecule has 2 fully saturated rings. The number of aromatic nitrogens is 3. The van der Waals surface area contributed by atoms with E-state index in [1.54, 1.807) is 4.90 Å². The predicted molar refractivity (Wildman–Crippen MR) is 148 cm³/mol. The molecule has 1 atom stereocenters. The average molecular weight is 563 g/mol. The number of piperidine rings is 1. The summed E-state index contributed by atoms with van der Waals surface area (Å²) in [6.45, 7) is 3.77. The van der Waals surface area contributed by atoms with E-state index in [-0.39, 0.29) is 23.8 Å². The first-order valence-corrected chi connectivity index (χ1v) is 14.1. The van der Waals surface area contributed by atoms with Crippen molar-refractivity contribution in [1.82, 2.24) is 14.7 Å². The number of ether oxygens (including phenoxy) is 1. The summed E-state index contributed by atoms with van der Waals surface area (Å²) in [6, 6.07) is 9.22. The van der Waals surface area contributed by atoms with E-state index in [1.165, 1.54) is 13.2 Å². The van der Waals surface area contributed by atoms with Crippen LogP contribution in [0.4, 0.5) is 14.5 Å². The first-order chi connectivity index (χ1) is 19.8. The highest BCUT2D eigenvalue weighted by molar-refractivity contribution is 5.95. The van der Waals surface area contributed by atoms with Crippen LogP contribution in [0.3, 0.4) is 0 Å². The predicted octanol–water partition coefficient (Wildman–Crippen LogP) is 6.75. The van der Waals surface area contributed by atoms with Gasteiger partial charge in [0.25, 0.3) is 0 Å². The quantitative estimate of drug-likeness (QED) is 0.250. The molecule has 2 aliphatic rings. The van der Waals surface area contributed by atoms with Gasteiger partial charge in [0, 0.05) is 29.8 Å². The van der Waals surface area contributed by atoms with Gasteiger partial charge >= 0.3 is 5.97 Å². The molecular formula is C31H32F2N4O4. The fourth-order valence-electron chi connectivity index (χ4n) is 6.60. The minimum atomic E-state index is -1.00. The second-order valence-electron chi connectivity index (χ2n) is 11.0. The van der Waals surface area contributed by atoms with Gasteiger partial charge in [0.05, 0.1) is 35.8 Å². The molecule has 214 valence electrons. The summed E-state index contributed by atoms with van der Waals surface area (Å²) in [6.07, 6.45) is 4.46. The number of carbonyl (C=O) groups is 2. The van der Waals surface area contributed by atoms with Crippen LogP contribution >= 0.6 is 0 Å². The Morgan fingerprint density at radius 2 is 1.80 bits per heavy atom. The Hall–Kier alpha value is -4.08. The number of carbonyl (C=O) groups excluding carboxylic acids is 2. The maximum Gasteiger partial charge on any atom is 0.308 e. The third-order valence-corrected chi connectivity index (χ3v) is 8.56. The number of imidazole rings is 1. The van der Waals surface area contributed by atoms with E-state index >= 15 is 0 Å². The molecule has 0 unspecified atom stereocenters. The van der Waals surface area contributed by atoms with Gasteiger partial charge in [0.15, 0.2) is 11.6 Å². The Morgan fingerprint density at radius 3 is 2.49 bits per heavy atom. The standard InChI is InChI=1S/C31H32F2N4O4/c1-17-29(18(2)41-35-17)20-9-14-26-25(15-20)34-30(37(26)21-10-7-19(8-11-21)31(39)40-3)27-5-4-6-28(38)36(27)22-12-13-23(32)24(33)16-22/h9,12-16,19,21,27H,4-8,10-11H2,1-3H3/t19?,21?,27-/m0/s1. The number of anilines is 1. The molecule has 41 heavy (non-hydrogen) atoms. The highest BCUT2D eigenvalue weighted by atomic mass is 19.2. The van der Waals surface area contributed by atoms with Crippen molar-refractivity contribution in [3.05, 3.63) is 65.3 Å². The lowest BCUT2D eigenvalue weighted by Gasteiger charge is -2.37. The lowest BCUT2D eigenvalue weighted by molar-refractivity contribution is -0.146. The van der Waals surface area contributed by atoms with Crippen LogP contribution in [-0.4, -0.2) is 33.7 Å². The smallest absolute Gasteiger partial charge is 0.308 e. The zero-order chi connectivity index (χ0) is 28.8. The van der Waals surface area contributed by atoms with E-state index in [2.05, 4.69) is 9.72 Å². The highest BCUT2D eigenvalue weighted by Gasteiger charge is 2.37. The van der Waals surface area contributed by atoms with Crippen molar-refractivity contribution in [2.75, 3.05) is 12.0 Å². The molecule has 2 aromatic heterocycles. The van der Waals surface area contributed by atoms with Crippen LogP contribution in [0.2, 0.25) is 0 Å². The molecule has 1 amide bonds. The van der Waals surface area contributed by atoms with Gasteiger partial charge in [-0.05, 0) is 82.2 Å². The molecule has 6 rings (SSSR count). The van der Waals surface area contributed by atoms with Gasteiger partial charge in [0.2, 0.25) is 5.91 Å². The van der Waals surface area contributed by atoms with E-state index < -0.39 is 17.7 Å². The average Bonchev–Trinajstić information content (AvgIpc) is 3.52. The minimum Gasteiger partial charge on any atom is -0.469 e. The first kappa shape index (κ1) is 27.1. The van der Waals surface area contributed by atoms with Crippen molar-refractivity contribution in [3.63, 3.8) is 0 Å². The number of benzene rings is 2. The van der Waals surface area contributed by atoms with Gasteiger partial charge in [-0.15, -0.1) is 0 Å². The molecule has 1 aliphatic carbocycles. The topological polar surface area (TPSA) is 90.5 Å². The maximum atomic E-state index is 14.3. The van der Waals surface area contributed by atoms with Crippen molar-refractivity contribution in [2.24, 2.45) is 5.92 Å². The number of methoxy groups -OCH3 is 1. The van der Waals surface area contributed by atoms with E-state index in [4.69, 9.17) is 14.2 Å². The van der Waals surface area contributed by atoms with Crippen LogP contribution in [-0.2, 0) is 14.3 Å². The zero-order valence-electron chi connectivity index (χ0n) is 23.3. The number of rotatable bonds is 5. The van der Waals surface area contributed by atoms with Crippen molar-refractivity contribution in [1.29, 1.82) is 0 Å². The number of aryl methyl sites for hydroxylation is 2. The second kappa shape index (κ2) is 10.7. The molecule has 3 heterocycles. The summed E-state index contributed by atoms with van der Waals surface area (Å²) in [4.78, 5) is 32.2. The van der Waals surface area contributed by atoms with Crippen LogP contribution in [0.15, 0.2) is 40.9 Å². The summed E-state index contributed by atoms with van der Waals surface area (Å²) in [5, 5.41) is 4.10. The maximum absolute atomic E-state index is 14.3. The molecule has 0 spiro atoms. The molecule has 4 aromatic rings. The van der Waals surface area contributed by atoms with Crippen molar-refractivity contribution >= 4 is 28.6 Å². The van der Waals surface area contributed by atoms with Gasteiger partial charge in [0.1, 0.15) is 11.6 Å². The molecule has 10 heteroatoms. The third-order valence-electron chi connectivity index (χ3n) is 8.56. The van der Waals surface area contributed by atoms with Crippen molar-refractivity contribution < 1.29 is 27.6 Å². The number of fused-ring (bicyclic) bond motifs is 1. The summed E-state index contributed by atoms with van der Waals surface area (Å²) < 4.78 is 40.7. The van der Waals surface area contributed by atoms with Gasteiger partial charge in [-0.25, -0.2) is 13.8 Å². The fourth-order valence-corrected chi connectivity index (χ4v) is 6.60. The van der Waals surface area contributed by atoms with Crippen molar-refractivity contribution in [3.8, 4) is 11.1 Å². The number of esters is 1. The van der Waals surface area contributed by atoms with E-state index in [0.29, 0.717) is 49.4 Å². The Morgan fingerprint density at radius 1 is 1.02 bits per heavy atom. The molecule has 1 saturated carbocycles. The van der Waals surface area contributed by atoms with E-state index in [0.717, 1.165) is 52.8 Å². The molecule has 8 nitrogen and oxygen atoms in total. The number of halogens is 2. The fraction of sp³-hybridized carbons (Fsp3) is 0.419. The Labute approximate surface area is 236 Å². The van der Waals surface area contributed by atoms with E-state index in [1.807, 2.05) is 32.0 Å². The number of amides is 1. The summed E-state index contributed by atoms with van der Waals surface area (Å²) >= 11 is 0. The summed E-state index contributed by atoms with van der Waals surface area (Å²) in [7, 11) is 1.42. The lowest BCUT2D eigenvalue weighted by Crippen LogP contribution is -2.40. The number of hydrogen-bond donors (Lipinski definition) is 0. The second-order valence-corrected chi connectivity index (χ2v) is 11.0. The summed E-state index contributed by atoms with van der Waals surface area (Å²) in [5.74, 6) is -1.03. The highest BCUT2D eigenvalue weighted by Crippen LogP contribution is 2.42. The monoisotopic (exact) mass is 562 g/mol. The van der Waals surface area contributed by atoms with Crippen LogP contribution in [0.25, 0.3) is 22.2 Å². The first-order valence-electron chi connectivity index (χ1n) is 14.1. The molecule has 0 radical (unpaired) electrons. The normalized spacial score (nSPS) is 21.4. The van der Waals surface area contributed by atoms with Crippen LogP contribution in [0.5, 0.6) is 0 Å². The van der Waals surface area contributed by atoms with Gasteiger partial charge < -0.3 is 18.7 Å². The molecule has 1 saturated heterocycles. The number of hydrogen-bond acceptors (Lipinski definition) is 6. The zero-order valence-corrected chi connectivity index (χ0v) is 23.3. The summed E-state index contributed by atoms with van der Waals surface area (Å²) in [5.41, 5.74) is 4.61. The van der Waals surface area contributed by atoms with Crippen molar-refractivity contribution in [2.45, 2.75) is 70.9 Å². The third kappa shape index (κ3) is 4.79. The Bertz CT molecular complexity index is 1620. The Kier molecular flexibility index (Phi) is 7.09. The number of nitrogens with zero attached hydrogens (tertiary/aromatic N) is 4. The van der Waals surface area contributed by atoms with E-state index in [9.17, 15) is 18.4 Å². The minimum absolute atomic E-state index is 0.0460. The van der Waals surface area contributed by atoms with Gasteiger partial charge in [-0.2, -0.15) is 0 Å². The Balaban J connectivity index is 1.48. The molecule has 0 bridgehead atoms. The van der Waals surface area contributed by atoms with Gasteiger partial charge in [-0.3, -0.25) is 9.59 Å². The van der Waals surface area contributed by atoms with Gasteiger partial charge in [-0.1, -0.05) is 11.2 Å². The molecular weight excluding hydrogens is 530 g/mol. The lowest BCUT2D eigenvalue weighted by atomic mass is 9.85.